The number of carbonyl (C=O) groups excluding carboxylic acids is 1. The van der Waals surface area contributed by atoms with E-state index in [9.17, 15) is 4.79 Å². The van der Waals surface area contributed by atoms with Crippen LogP contribution in [-0.2, 0) is 38.4 Å². The van der Waals surface area contributed by atoms with Gasteiger partial charge in [-0.05, 0) is 129 Å². The van der Waals surface area contributed by atoms with Gasteiger partial charge in [0.05, 0.1) is 48.7 Å². The van der Waals surface area contributed by atoms with Gasteiger partial charge in [-0.1, -0.05) is 24.6 Å². The molecule has 0 bridgehead atoms. The largest absolute Gasteiger partial charge is 0.493 e. The van der Waals surface area contributed by atoms with Crippen molar-refractivity contribution in [2.24, 2.45) is 17.8 Å². The van der Waals surface area contributed by atoms with Crippen LogP contribution >= 0.6 is 42.0 Å². The highest BCUT2D eigenvalue weighted by Crippen LogP contribution is 2.58. The van der Waals surface area contributed by atoms with Gasteiger partial charge in [-0.25, -0.2) is 4.79 Å². The zero-order chi connectivity index (χ0) is 34.7. The fraction of sp³-hybridized carbons (Fsp3) is 0.538. The molecule has 2 heterocycles. The number of aryl methyl sites for hydroxylation is 1. The molecule has 2 unspecified atom stereocenters. The number of pyridine rings is 1. The quantitative estimate of drug-likeness (QED) is 0.116. The molecule has 11 heteroatoms. The summed E-state index contributed by atoms with van der Waals surface area (Å²) in [5.41, 5.74) is 4.99. The number of hydrogen-bond donors (Lipinski definition) is 1. The molecule has 1 saturated carbocycles. The normalized spacial score (nSPS) is 26.0. The molecule has 7 rings (SSSR count). The van der Waals surface area contributed by atoms with Crippen molar-refractivity contribution >= 4 is 53.7 Å². The van der Waals surface area contributed by atoms with Crippen LogP contribution < -0.4 is 19.5 Å². The molecule has 1 aliphatic heterocycles. The van der Waals surface area contributed by atoms with Crippen molar-refractivity contribution in [3.8, 4) is 17.2 Å². The van der Waals surface area contributed by atoms with E-state index in [1.54, 1.807) is 0 Å². The Hall–Kier alpha value is -2.41. The molecule has 2 aromatic carbocycles. The minimum absolute atomic E-state index is 0.127. The van der Waals surface area contributed by atoms with Crippen LogP contribution in [0.2, 0.25) is 5.02 Å². The number of benzene rings is 2. The monoisotopic (exact) mass is 832 g/mol. The van der Waals surface area contributed by atoms with Gasteiger partial charge >= 0.3 is 5.97 Å². The molecule has 3 atom stereocenters. The van der Waals surface area contributed by atoms with Crippen LogP contribution in [0.5, 0.6) is 17.2 Å². The molecule has 3 aliphatic carbocycles. The molecule has 50 heavy (non-hydrogen) atoms. The van der Waals surface area contributed by atoms with Crippen molar-refractivity contribution in [3.63, 3.8) is 0 Å². The van der Waals surface area contributed by atoms with Crippen LogP contribution in [0.1, 0.15) is 74.3 Å². The average Bonchev–Trinajstić information content (AvgIpc) is 3.26. The number of anilines is 1. The van der Waals surface area contributed by atoms with Crippen LogP contribution in [0, 0.1) is 17.8 Å². The highest BCUT2D eigenvalue weighted by atomic mass is 127. The summed E-state index contributed by atoms with van der Waals surface area (Å²) in [6.07, 6.45) is 11.3. The van der Waals surface area contributed by atoms with Gasteiger partial charge < -0.3 is 28.4 Å². The summed E-state index contributed by atoms with van der Waals surface area (Å²) in [6.45, 7) is 4.64. The van der Waals surface area contributed by atoms with E-state index in [4.69, 9.17) is 34.7 Å². The third-order valence-corrected chi connectivity index (χ3v) is 12.7. The maximum absolute atomic E-state index is 13.6. The van der Waals surface area contributed by atoms with Crippen LogP contribution in [0.25, 0.3) is 0 Å². The number of carbonyl (C=O) groups is 1. The molecular formula is C39H46ClIN2O6S. The topological polar surface area (TPSA) is 88.1 Å². The number of nitrogens with zero attached hydrogens (tertiary/aromatic N) is 1. The van der Waals surface area contributed by atoms with E-state index in [0.717, 1.165) is 61.5 Å². The number of nitrogens with one attached hydrogen (secondary N) is 1. The Balaban J connectivity index is 1.15. The average molecular weight is 833 g/mol. The van der Waals surface area contributed by atoms with Crippen molar-refractivity contribution in [2.75, 3.05) is 38.9 Å². The first kappa shape index (κ1) is 36.0. The zero-order valence-electron chi connectivity index (χ0n) is 28.8. The number of ether oxygens (including phenoxy) is 4. The first-order valence-corrected chi connectivity index (χ1v) is 21.5. The first-order valence-electron chi connectivity index (χ1n) is 17.9. The van der Waals surface area contributed by atoms with Crippen LogP contribution in [0.4, 0.5) is 5.69 Å². The Morgan fingerprint density at radius 1 is 1.10 bits per heavy atom. The first-order chi connectivity index (χ1) is 24.3. The van der Waals surface area contributed by atoms with E-state index in [1.165, 1.54) is 51.5 Å². The van der Waals surface area contributed by atoms with Crippen LogP contribution in [0.15, 0.2) is 48.7 Å². The summed E-state index contributed by atoms with van der Waals surface area (Å²) >= 11 is 8.49. The molecule has 4 aliphatic rings. The lowest BCUT2D eigenvalue weighted by atomic mass is 9.59. The van der Waals surface area contributed by atoms with E-state index < -0.39 is 5.54 Å². The lowest BCUT2D eigenvalue weighted by Gasteiger charge is -2.47. The molecule has 0 radical (unpaired) electrons. The van der Waals surface area contributed by atoms with Gasteiger partial charge in [0.1, 0.15) is 11.3 Å². The fourth-order valence-corrected chi connectivity index (χ4v) is 9.74. The van der Waals surface area contributed by atoms with Gasteiger partial charge in [-0.2, -0.15) is 0 Å². The summed E-state index contributed by atoms with van der Waals surface area (Å²) in [4.78, 5) is 18.2. The van der Waals surface area contributed by atoms with Gasteiger partial charge in [-0.3, -0.25) is 4.98 Å². The highest BCUT2D eigenvalue weighted by Gasteiger charge is 2.55. The SMILES string of the molecule is COC(=O)C1(Nc2cccc(Cl)c2)CCC2(CC1)c1cc3c(cc1CC2C[C@@H](C)COc1ccnc2c1CCCC2)OCC(COSI)CO3. The van der Waals surface area contributed by atoms with Crippen LogP contribution in [0.3, 0.4) is 0 Å². The Labute approximate surface area is 316 Å². The van der Waals surface area contributed by atoms with Gasteiger partial charge in [0, 0.05) is 49.4 Å². The Kier molecular flexibility index (Phi) is 11.3. The fourth-order valence-electron chi connectivity index (χ4n) is 8.86. The van der Waals surface area contributed by atoms with Gasteiger partial charge in [0.15, 0.2) is 11.5 Å². The molecule has 8 nitrogen and oxygen atoms in total. The summed E-state index contributed by atoms with van der Waals surface area (Å²) in [7, 11) is 2.82. The summed E-state index contributed by atoms with van der Waals surface area (Å²) in [6, 6.07) is 14.1. The Bertz CT molecular complexity index is 1680. The highest BCUT2D eigenvalue weighted by molar-refractivity contribution is 14.2. The maximum atomic E-state index is 13.6. The van der Waals surface area contributed by atoms with Crippen molar-refractivity contribution in [3.05, 3.63) is 76.1 Å². The molecule has 268 valence electrons. The summed E-state index contributed by atoms with van der Waals surface area (Å²) in [5, 5.41) is 4.20. The zero-order valence-corrected chi connectivity index (χ0v) is 32.5. The van der Waals surface area contributed by atoms with Crippen molar-refractivity contribution in [1.29, 1.82) is 0 Å². The predicted octanol–water partition coefficient (Wildman–Crippen LogP) is 9.13. The standard InChI is InChI=1S/C39H46ClIN2O6S/c1-25(21-46-34-10-15-42-33-9-4-3-8-31(33)34)16-28-17-27-18-35-36(48-23-26(22-47-35)24-49-50-41)20-32(27)38(28)11-13-39(14-12-38,37(44)45-2)43-30-7-5-6-29(40)19-30/h5-7,10,15,18-20,25-26,28,43H,3-4,8-9,11-14,16-17,21-24H2,1-2H3/t25-,26?,28?,38?,39?/m1/s1. The predicted molar refractivity (Wildman–Crippen MR) is 206 cm³/mol. The second-order valence-corrected chi connectivity index (χ2v) is 16.5. The second-order valence-electron chi connectivity index (χ2n) is 14.7. The molecule has 1 fully saturated rings. The van der Waals surface area contributed by atoms with Crippen molar-refractivity contribution < 1.29 is 27.9 Å². The van der Waals surface area contributed by atoms with Gasteiger partial charge in [0.2, 0.25) is 0 Å². The molecule has 1 aromatic heterocycles. The van der Waals surface area contributed by atoms with Crippen LogP contribution in [-0.4, -0.2) is 50.0 Å². The van der Waals surface area contributed by atoms with E-state index in [2.05, 4.69) is 50.6 Å². The molecule has 1 spiro atoms. The molecule has 0 amide bonds. The number of methoxy groups -OCH3 is 1. The number of halogens is 2. The number of rotatable bonds is 11. The number of fused-ring (bicyclic) bond motifs is 4. The maximum Gasteiger partial charge on any atom is 0.331 e. The Morgan fingerprint density at radius 2 is 1.88 bits per heavy atom. The minimum atomic E-state index is -0.845. The second kappa shape index (κ2) is 15.7. The molecule has 1 N–H and O–H groups in total. The smallest absolute Gasteiger partial charge is 0.331 e. The van der Waals surface area contributed by atoms with Crippen molar-refractivity contribution in [2.45, 2.75) is 82.1 Å². The third-order valence-electron chi connectivity index (χ3n) is 11.4. The number of hydrogen-bond acceptors (Lipinski definition) is 9. The summed E-state index contributed by atoms with van der Waals surface area (Å²) < 4.78 is 30.3. The third kappa shape index (κ3) is 7.41. The molecule has 3 aromatic rings. The van der Waals surface area contributed by atoms with E-state index in [0.29, 0.717) is 56.1 Å². The molecule has 0 saturated heterocycles. The Morgan fingerprint density at radius 3 is 2.64 bits per heavy atom. The lowest BCUT2D eigenvalue weighted by Crippen LogP contribution is -2.53. The van der Waals surface area contributed by atoms with Crippen molar-refractivity contribution in [1.82, 2.24) is 4.98 Å². The van der Waals surface area contributed by atoms with E-state index in [-0.39, 0.29) is 17.3 Å². The number of esters is 1. The minimum Gasteiger partial charge on any atom is -0.493 e. The van der Waals surface area contributed by atoms with Gasteiger partial charge in [0.25, 0.3) is 0 Å². The number of aromatic nitrogens is 1. The molecular weight excluding hydrogens is 787 g/mol. The summed E-state index contributed by atoms with van der Waals surface area (Å²) in [5.74, 6) is 3.23. The van der Waals surface area contributed by atoms with E-state index in [1.807, 2.05) is 36.5 Å². The van der Waals surface area contributed by atoms with Gasteiger partial charge in [-0.15, -0.1) is 0 Å². The van der Waals surface area contributed by atoms with E-state index >= 15 is 0 Å². The lowest BCUT2D eigenvalue weighted by molar-refractivity contribution is -0.148.